The Morgan fingerprint density at radius 2 is 2.09 bits per heavy atom. The molecule has 0 spiro atoms. The zero-order chi connectivity index (χ0) is 7.84. The van der Waals surface area contributed by atoms with Crippen LogP contribution in [-0.2, 0) is 0 Å². The number of nitrogens with zero attached hydrogens (tertiary/aromatic N) is 3. The molecule has 3 nitrogen and oxygen atoms in total. The van der Waals surface area contributed by atoms with E-state index < -0.39 is 0 Å². The molecule has 0 atom stereocenters. The summed E-state index contributed by atoms with van der Waals surface area (Å²) < 4.78 is 8.55. The molecule has 4 heteroatoms. The van der Waals surface area contributed by atoms with Crippen LogP contribution in [0.2, 0.25) is 0 Å². The van der Waals surface area contributed by atoms with Gasteiger partial charge in [-0.25, -0.2) is 0 Å². The van der Waals surface area contributed by atoms with Crippen molar-refractivity contribution in [2.45, 2.75) is 13.8 Å². The number of pyridine rings is 1. The summed E-state index contributed by atoms with van der Waals surface area (Å²) in [5, 5.41) is 0. The molecule has 0 saturated carbocycles. The fraction of sp³-hybridized carbons (Fsp3) is 0.286. The van der Waals surface area contributed by atoms with E-state index in [0.29, 0.717) is 0 Å². The summed E-state index contributed by atoms with van der Waals surface area (Å²) >= 11 is 0.0720. The van der Waals surface area contributed by atoms with E-state index in [-0.39, 0.29) is 15.0 Å². The van der Waals surface area contributed by atoms with E-state index in [9.17, 15) is 0 Å². The van der Waals surface area contributed by atoms with Gasteiger partial charge in [0.2, 0.25) is 0 Å². The van der Waals surface area contributed by atoms with Crippen molar-refractivity contribution in [1.29, 1.82) is 0 Å². The summed E-state index contributed by atoms with van der Waals surface area (Å²) in [5.74, 6) is 0. The maximum absolute atomic E-state index is 4.30. The van der Waals surface area contributed by atoms with Crippen LogP contribution in [0.3, 0.4) is 0 Å². The predicted molar refractivity (Wildman–Crippen MR) is 43.7 cm³/mol. The third-order valence-corrected chi connectivity index (χ3v) is 2.68. The van der Waals surface area contributed by atoms with Gasteiger partial charge in [-0.3, -0.25) is 0 Å². The minimum atomic E-state index is 0.0720. The Morgan fingerprint density at radius 1 is 1.27 bits per heavy atom. The SMILES string of the molecule is Cc1cc2n[se]nc2c(C)n1. The van der Waals surface area contributed by atoms with Gasteiger partial charge in [-0.2, -0.15) is 0 Å². The van der Waals surface area contributed by atoms with Crippen molar-refractivity contribution in [3.05, 3.63) is 17.5 Å². The molecule has 0 aliphatic heterocycles. The number of aryl methyl sites for hydroxylation is 2. The van der Waals surface area contributed by atoms with Gasteiger partial charge in [0.05, 0.1) is 0 Å². The molecule has 0 unspecified atom stereocenters. The second kappa shape index (κ2) is 2.39. The number of hydrogen-bond donors (Lipinski definition) is 0. The molecule has 0 aromatic carbocycles. The Kier molecular flexibility index (Phi) is 1.51. The number of aromatic nitrogens is 3. The van der Waals surface area contributed by atoms with Gasteiger partial charge in [-0.15, -0.1) is 0 Å². The van der Waals surface area contributed by atoms with Crippen molar-refractivity contribution in [2.24, 2.45) is 0 Å². The predicted octanol–water partition coefficient (Wildman–Crippen LogP) is 0.699. The summed E-state index contributed by atoms with van der Waals surface area (Å²) in [4.78, 5) is 4.30. The molecule has 2 aromatic rings. The Bertz CT molecular complexity index is 393. The Hall–Kier alpha value is -0.731. The topological polar surface area (TPSA) is 38.7 Å². The summed E-state index contributed by atoms with van der Waals surface area (Å²) in [6.45, 7) is 3.96. The molecule has 2 rings (SSSR count). The van der Waals surface area contributed by atoms with Gasteiger partial charge >= 0.3 is 70.2 Å². The quantitative estimate of drug-likeness (QED) is 0.603. The monoisotopic (exact) mass is 213 g/mol. The van der Waals surface area contributed by atoms with Gasteiger partial charge in [0.25, 0.3) is 0 Å². The molecule has 0 N–H and O–H groups in total. The van der Waals surface area contributed by atoms with E-state index in [1.165, 1.54) is 0 Å². The van der Waals surface area contributed by atoms with Gasteiger partial charge in [-0.05, 0) is 0 Å². The first-order valence-electron chi connectivity index (χ1n) is 3.34. The van der Waals surface area contributed by atoms with Crippen LogP contribution in [0.1, 0.15) is 11.4 Å². The van der Waals surface area contributed by atoms with Crippen LogP contribution in [0, 0.1) is 13.8 Å². The van der Waals surface area contributed by atoms with Gasteiger partial charge in [0.1, 0.15) is 0 Å². The average molecular weight is 212 g/mol. The van der Waals surface area contributed by atoms with Crippen LogP contribution in [0.4, 0.5) is 0 Å². The third-order valence-electron chi connectivity index (χ3n) is 1.55. The Morgan fingerprint density at radius 3 is 2.91 bits per heavy atom. The van der Waals surface area contributed by atoms with Gasteiger partial charge in [-0.1, -0.05) is 0 Å². The summed E-state index contributed by atoms with van der Waals surface area (Å²) in [6.07, 6.45) is 0. The molecule has 2 heterocycles. The first kappa shape index (κ1) is 6.95. The van der Waals surface area contributed by atoms with E-state index in [0.717, 1.165) is 22.4 Å². The molecule has 0 saturated heterocycles. The minimum absolute atomic E-state index is 0.0720. The second-order valence-electron chi connectivity index (χ2n) is 2.48. The fourth-order valence-electron chi connectivity index (χ4n) is 1.09. The summed E-state index contributed by atoms with van der Waals surface area (Å²) in [7, 11) is 0. The first-order chi connectivity index (χ1) is 5.27. The molecule has 0 amide bonds. The van der Waals surface area contributed by atoms with Crippen LogP contribution in [0.5, 0.6) is 0 Å². The van der Waals surface area contributed by atoms with E-state index >= 15 is 0 Å². The number of rotatable bonds is 0. The van der Waals surface area contributed by atoms with E-state index in [1.807, 2.05) is 19.9 Å². The molecule has 0 aliphatic rings. The second-order valence-corrected chi connectivity index (χ2v) is 3.59. The van der Waals surface area contributed by atoms with Crippen LogP contribution < -0.4 is 0 Å². The molecular weight excluding hydrogens is 205 g/mol. The van der Waals surface area contributed by atoms with Gasteiger partial charge in [0, 0.05) is 0 Å². The van der Waals surface area contributed by atoms with Crippen molar-refractivity contribution < 1.29 is 0 Å². The van der Waals surface area contributed by atoms with Crippen molar-refractivity contribution in [3.8, 4) is 0 Å². The van der Waals surface area contributed by atoms with Crippen LogP contribution in [0.25, 0.3) is 11.0 Å². The van der Waals surface area contributed by atoms with Crippen LogP contribution >= 0.6 is 0 Å². The molecule has 56 valence electrons. The van der Waals surface area contributed by atoms with E-state index in [4.69, 9.17) is 0 Å². The average Bonchev–Trinajstić information content (AvgIpc) is 2.34. The van der Waals surface area contributed by atoms with Crippen LogP contribution in [0.15, 0.2) is 6.07 Å². The van der Waals surface area contributed by atoms with E-state index in [2.05, 4.69) is 12.9 Å². The zero-order valence-electron chi connectivity index (χ0n) is 6.33. The van der Waals surface area contributed by atoms with Crippen molar-refractivity contribution in [2.75, 3.05) is 0 Å². The maximum atomic E-state index is 4.30. The molecule has 11 heavy (non-hydrogen) atoms. The van der Waals surface area contributed by atoms with Crippen molar-refractivity contribution >= 4 is 26.0 Å². The Balaban J connectivity index is 2.91. The molecule has 2 aromatic heterocycles. The standard InChI is InChI=1S/C7H7N3Se/c1-4-3-6-7(5(2)8-4)10-11-9-6/h3H,1-2H3. The zero-order valence-corrected chi connectivity index (χ0v) is 8.04. The molecule has 0 fully saturated rings. The molecular formula is C7H7N3Se. The van der Waals surface area contributed by atoms with Crippen molar-refractivity contribution in [1.82, 2.24) is 12.9 Å². The normalized spacial score (nSPS) is 10.7. The molecule has 0 aliphatic carbocycles. The summed E-state index contributed by atoms with van der Waals surface area (Å²) in [5.41, 5.74) is 4.05. The molecule has 0 bridgehead atoms. The number of fused-ring (bicyclic) bond motifs is 1. The number of hydrogen-bond acceptors (Lipinski definition) is 3. The fourth-order valence-corrected chi connectivity index (χ4v) is 2.30. The first-order valence-corrected chi connectivity index (χ1v) is 4.87. The van der Waals surface area contributed by atoms with Crippen LogP contribution in [-0.4, -0.2) is 27.9 Å². The molecule has 0 radical (unpaired) electrons. The van der Waals surface area contributed by atoms with E-state index in [1.54, 1.807) is 0 Å². The van der Waals surface area contributed by atoms with Gasteiger partial charge in [0.15, 0.2) is 0 Å². The summed E-state index contributed by atoms with van der Waals surface area (Å²) in [6, 6.07) is 1.99. The third kappa shape index (κ3) is 1.08. The van der Waals surface area contributed by atoms with Gasteiger partial charge < -0.3 is 0 Å². The van der Waals surface area contributed by atoms with Crippen molar-refractivity contribution in [3.63, 3.8) is 0 Å². The Labute approximate surface area is 70.7 Å².